The molecular formula is C23H26ClN3O5. The van der Waals surface area contributed by atoms with Gasteiger partial charge in [-0.25, -0.2) is 4.79 Å². The van der Waals surface area contributed by atoms with Crippen molar-refractivity contribution >= 4 is 35.2 Å². The van der Waals surface area contributed by atoms with Crippen molar-refractivity contribution in [3.63, 3.8) is 0 Å². The summed E-state index contributed by atoms with van der Waals surface area (Å²) in [6.07, 6.45) is 2.64. The molecule has 0 heterocycles. The second kappa shape index (κ2) is 11.4. The molecule has 0 atom stereocenters. The van der Waals surface area contributed by atoms with Crippen LogP contribution in [0.5, 0.6) is 5.75 Å². The van der Waals surface area contributed by atoms with Gasteiger partial charge in [-0.05, 0) is 74.2 Å². The summed E-state index contributed by atoms with van der Waals surface area (Å²) < 4.78 is 5.91. The summed E-state index contributed by atoms with van der Waals surface area (Å²) in [6.45, 7) is 0.545. The second-order valence-electron chi connectivity index (χ2n) is 7.60. The lowest BCUT2D eigenvalue weighted by molar-refractivity contribution is -0.143. The average molecular weight is 460 g/mol. The molecule has 4 N–H and O–H groups in total. The lowest BCUT2D eigenvalue weighted by atomic mass is 9.87. The highest BCUT2D eigenvalue weighted by molar-refractivity contribution is 6.30. The maximum atomic E-state index is 12.3. The van der Waals surface area contributed by atoms with E-state index in [1.54, 1.807) is 48.5 Å². The number of hydrogen-bond donors (Lipinski definition) is 4. The number of halogens is 1. The first kappa shape index (κ1) is 23.4. The number of nitrogens with one attached hydrogen (secondary N) is 3. The van der Waals surface area contributed by atoms with Gasteiger partial charge in [-0.2, -0.15) is 0 Å². The molecule has 0 bridgehead atoms. The topological polar surface area (TPSA) is 117 Å². The summed E-state index contributed by atoms with van der Waals surface area (Å²) in [5.74, 6) is -0.616. The number of carboxylic acid groups (broad SMARTS) is 1. The lowest BCUT2D eigenvalue weighted by Gasteiger charge is -2.26. The molecule has 2 aromatic carbocycles. The minimum absolute atomic E-state index is 0.00429. The van der Waals surface area contributed by atoms with Crippen LogP contribution in [0.4, 0.5) is 10.5 Å². The molecule has 0 aromatic heterocycles. The van der Waals surface area contributed by atoms with E-state index in [-0.39, 0.29) is 37.0 Å². The number of benzene rings is 2. The van der Waals surface area contributed by atoms with E-state index in [1.807, 2.05) is 0 Å². The third kappa shape index (κ3) is 7.16. The molecule has 1 saturated carbocycles. The molecule has 3 amide bonds. The molecule has 3 rings (SSSR count). The van der Waals surface area contributed by atoms with E-state index in [0.29, 0.717) is 47.7 Å². The van der Waals surface area contributed by atoms with Crippen molar-refractivity contribution < 1.29 is 24.2 Å². The van der Waals surface area contributed by atoms with Gasteiger partial charge >= 0.3 is 12.0 Å². The molecule has 0 unspecified atom stereocenters. The number of amides is 3. The smallest absolute Gasteiger partial charge is 0.319 e. The van der Waals surface area contributed by atoms with E-state index in [4.69, 9.17) is 21.4 Å². The maximum absolute atomic E-state index is 12.3. The largest absolute Gasteiger partial charge is 0.490 e. The fourth-order valence-electron chi connectivity index (χ4n) is 3.47. The van der Waals surface area contributed by atoms with Crippen LogP contribution in [0.2, 0.25) is 5.02 Å². The molecule has 32 heavy (non-hydrogen) atoms. The fraction of sp³-hybridized carbons (Fsp3) is 0.348. The quantitative estimate of drug-likeness (QED) is 0.446. The molecule has 170 valence electrons. The van der Waals surface area contributed by atoms with Gasteiger partial charge in [-0.15, -0.1) is 0 Å². The second-order valence-corrected chi connectivity index (χ2v) is 8.03. The van der Waals surface area contributed by atoms with Gasteiger partial charge in [0.05, 0.1) is 12.0 Å². The van der Waals surface area contributed by atoms with Gasteiger partial charge in [0, 0.05) is 29.4 Å². The zero-order chi connectivity index (χ0) is 22.9. The SMILES string of the molecule is O=C(NCCNC(=O)c1ccc(OC2CCC(C(=O)O)CC2)cc1)Nc1ccc(Cl)cc1. The number of hydrogen-bond acceptors (Lipinski definition) is 4. The highest BCUT2D eigenvalue weighted by Gasteiger charge is 2.26. The molecule has 1 aliphatic carbocycles. The Morgan fingerprint density at radius 1 is 0.906 bits per heavy atom. The van der Waals surface area contributed by atoms with Gasteiger partial charge < -0.3 is 25.8 Å². The van der Waals surface area contributed by atoms with Gasteiger partial charge in [-0.3, -0.25) is 9.59 Å². The van der Waals surface area contributed by atoms with Crippen molar-refractivity contribution in [3.8, 4) is 5.75 Å². The Kier molecular flexibility index (Phi) is 8.33. The Hall–Kier alpha value is -3.26. The van der Waals surface area contributed by atoms with Crippen molar-refractivity contribution in [1.29, 1.82) is 0 Å². The van der Waals surface area contributed by atoms with Crippen molar-refractivity contribution in [3.05, 3.63) is 59.1 Å². The summed E-state index contributed by atoms with van der Waals surface area (Å²) in [5, 5.41) is 17.7. The predicted octanol–water partition coefficient (Wildman–Crippen LogP) is 3.91. The summed E-state index contributed by atoms with van der Waals surface area (Å²) in [7, 11) is 0. The van der Waals surface area contributed by atoms with Crippen LogP contribution in [0, 0.1) is 5.92 Å². The number of aliphatic carboxylic acids is 1. The van der Waals surface area contributed by atoms with Crippen molar-refractivity contribution in [2.45, 2.75) is 31.8 Å². The highest BCUT2D eigenvalue weighted by Crippen LogP contribution is 2.28. The standard InChI is InChI=1S/C23H26ClN3O5/c24-17-5-7-18(8-6-17)27-23(31)26-14-13-25-21(28)15-1-9-19(10-2-15)32-20-11-3-16(4-12-20)22(29)30/h1-2,5-10,16,20H,3-4,11-14H2,(H,25,28)(H,29,30)(H2,26,27,31). The van der Waals surface area contributed by atoms with Gasteiger partial charge in [0.25, 0.3) is 5.91 Å². The number of carbonyl (C=O) groups excluding carboxylic acids is 2. The zero-order valence-electron chi connectivity index (χ0n) is 17.5. The first-order valence-corrected chi connectivity index (χ1v) is 10.9. The first-order chi connectivity index (χ1) is 15.4. The molecule has 0 aliphatic heterocycles. The minimum atomic E-state index is -0.740. The summed E-state index contributed by atoms with van der Waals surface area (Å²) in [5.41, 5.74) is 1.10. The summed E-state index contributed by atoms with van der Waals surface area (Å²) in [6, 6.07) is 13.2. The predicted molar refractivity (Wildman–Crippen MR) is 121 cm³/mol. The van der Waals surface area contributed by atoms with E-state index in [9.17, 15) is 14.4 Å². The molecule has 9 heteroatoms. The van der Waals surface area contributed by atoms with E-state index < -0.39 is 5.97 Å². The van der Waals surface area contributed by atoms with Gasteiger partial charge in [0.15, 0.2) is 0 Å². The first-order valence-electron chi connectivity index (χ1n) is 10.5. The van der Waals surface area contributed by atoms with Crippen LogP contribution in [0.15, 0.2) is 48.5 Å². The number of carboxylic acids is 1. The third-order valence-corrected chi connectivity index (χ3v) is 5.49. The summed E-state index contributed by atoms with van der Waals surface area (Å²) >= 11 is 5.80. The third-order valence-electron chi connectivity index (χ3n) is 5.24. The molecule has 8 nitrogen and oxygen atoms in total. The Morgan fingerprint density at radius 3 is 2.16 bits per heavy atom. The average Bonchev–Trinajstić information content (AvgIpc) is 2.79. The van der Waals surface area contributed by atoms with Gasteiger partial charge in [0.1, 0.15) is 5.75 Å². The number of anilines is 1. The molecule has 1 aliphatic rings. The van der Waals surface area contributed by atoms with Crippen molar-refractivity contribution in [2.24, 2.45) is 5.92 Å². The molecule has 0 radical (unpaired) electrons. The van der Waals surface area contributed by atoms with Gasteiger partial charge in [-0.1, -0.05) is 11.6 Å². The number of ether oxygens (including phenoxy) is 1. The number of urea groups is 1. The van der Waals surface area contributed by atoms with Crippen LogP contribution in [-0.4, -0.2) is 42.2 Å². The van der Waals surface area contributed by atoms with E-state index >= 15 is 0 Å². The Balaban J connectivity index is 1.35. The Bertz CT molecular complexity index is 926. The Labute approximate surface area is 191 Å². The van der Waals surface area contributed by atoms with Crippen molar-refractivity contribution in [1.82, 2.24) is 10.6 Å². The summed E-state index contributed by atoms with van der Waals surface area (Å²) in [4.78, 5) is 35.1. The van der Waals surface area contributed by atoms with Crippen molar-refractivity contribution in [2.75, 3.05) is 18.4 Å². The monoisotopic (exact) mass is 459 g/mol. The van der Waals surface area contributed by atoms with Crippen LogP contribution < -0.4 is 20.7 Å². The molecule has 0 saturated heterocycles. The Morgan fingerprint density at radius 2 is 1.53 bits per heavy atom. The van der Waals surface area contributed by atoms with Crippen LogP contribution in [-0.2, 0) is 4.79 Å². The van der Waals surface area contributed by atoms with Crippen LogP contribution in [0.1, 0.15) is 36.0 Å². The maximum Gasteiger partial charge on any atom is 0.319 e. The van der Waals surface area contributed by atoms with Crippen LogP contribution >= 0.6 is 11.6 Å². The number of rotatable bonds is 8. The van der Waals surface area contributed by atoms with Crippen LogP contribution in [0.25, 0.3) is 0 Å². The molecule has 2 aromatic rings. The van der Waals surface area contributed by atoms with E-state index in [1.165, 1.54) is 0 Å². The lowest BCUT2D eigenvalue weighted by Crippen LogP contribution is -2.36. The molecule has 1 fully saturated rings. The van der Waals surface area contributed by atoms with Crippen LogP contribution in [0.3, 0.4) is 0 Å². The molecular weight excluding hydrogens is 434 g/mol. The molecule has 0 spiro atoms. The normalized spacial score (nSPS) is 17.8. The van der Waals surface area contributed by atoms with Gasteiger partial charge in [0.2, 0.25) is 0 Å². The van der Waals surface area contributed by atoms with E-state index in [0.717, 1.165) is 0 Å². The van der Waals surface area contributed by atoms with E-state index in [2.05, 4.69) is 16.0 Å². The highest BCUT2D eigenvalue weighted by atomic mass is 35.5. The zero-order valence-corrected chi connectivity index (χ0v) is 18.2. The number of carbonyl (C=O) groups is 3. The fourth-order valence-corrected chi connectivity index (χ4v) is 3.59. The minimum Gasteiger partial charge on any atom is -0.490 e.